The summed E-state index contributed by atoms with van der Waals surface area (Å²) >= 11 is 0. The van der Waals surface area contributed by atoms with Crippen molar-refractivity contribution in [2.75, 3.05) is 7.11 Å². The molecule has 0 aliphatic carbocycles. The first kappa shape index (κ1) is 13.7. The number of nitrogens with zero attached hydrogens (tertiary/aromatic N) is 1. The third-order valence-electron chi connectivity index (χ3n) is 2.75. The van der Waals surface area contributed by atoms with E-state index in [-0.39, 0.29) is 0 Å². The lowest BCUT2D eigenvalue weighted by Gasteiger charge is -2.03. The lowest BCUT2D eigenvalue weighted by Crippen LogP contribution is -2.31. The van der Waals surface area contributed by atoms with Crippen LogP contribution in [0.2, 0.25) is 0 Å². The summed E-state index contributed by atoms with van der Waals surface area (Å²) in [5.74, 6) is -0.489. The van der Waals surface area contributed by atoms with Crippen LogP contribution in [0.25, 0.3) is 0 Å². The fourth-order valence-corrected chi connectivity index (χ4v) is 1.63. The first-order chi connectivity index (χ1) is 9.61. The van der Waals surface area contributed by atoms with Gasteiger partial charge in [0.05, 0.1) is 24.3 Å². The van der Waals surface area contributed by atoms with Crippen LogP contribution in [0.15, 0.2) is 48.7 Å². The second-order valence-corrected chi connectivity index (χ2v) is 4.11. The highest BCUT2D eigenvalue weighted by Gasteiger charge is 2.15. The lowest BCUT2D eigenvalue weighted by atomic mass is 10.1. The number of esters is 2. The molecule has 0 bridgehead atoms. The van der Waals surface area contributed by atoms with Crippen molar-refractivity contribution in [1.82, 2.24) is 0 Å². The number of ether oxygens (including phenoxy) is 2. The van der Waals surface area contributed by atoms with Gasteiger partial charge in [0, 0.05) is 6.07 Å². The number of hydrogen-bond donors (Lipinski definition) is 0. The van der Waals surface area contributed by atoms with Crippen molar-refractivity contribution in [2.45, 2.75) is 0 Å². The average molecular weight is 272 g/mol. The number of carbonyl (C=O) groups excluding carboxylic acids is 2. The Bertz CT molecular complexity index is 635. The van der Waals surface area contributed by atoms with Gasteiger partial charge in [0.15, 0.2) is 6.20 Å². The Labute approximate surface area is 116 Å². The largest absolute Gasteiger partial charge is 0.465 e. The molecule has 2 rings (SSSR count). The summed E-state index contributed by atoms with van der Waals surface area (Å²) in [6, 6.07) is 11.4. The first-order valence-corrected chi connectivity index (χ1v) is 5.97. The smallest absolute Gasteiger partial charge is 0.375 e. The summed E-state index contributed by atoms with van der Waals surface area (Å²) in [5, 5.41) is 0. The van der Waals surface area contributed by atoms with E-state index in [1.807, 2.05) is 6.07 Å². The first-order valence-electron chi connectivity index (χ1n) is 5.97. The third-order valence-corrected chi connectivity index (χ3v) is 2.75. The summed E-state index contributed by atoms with van der Waals surface area (Å²) in [6.07, 6.45) is 1.78. The molecule has 1 aromatic carbocycles. The summed E-state index contributed by atoms with van der Waals surface area (Å²) < 4.78 is 11.6. The highest BCUT2D eigenvalue weighted by Crippen LogP contribution is 2.09. The molecule has 5 nitrogen and oxygen atoms in total. The van der Waals surface area contributed by atoms with Crippen LogP contribution in [0.4, 0.5) is 0 Å². The molecule has 20 heavy (non-hydrogen) atoms. The summed E-state index contributed by atoms with van der Waals surface area (Å²) in [6.45, 7) is 0. The van der Waals surface area contributed by atoms with Gasteiger partial charge in [0.25, 0.3) is 0 Å². The topological polar surface area (TPSA) is 56.5 Å². The van der Waals surface area contributed by atoms with E-state index in [9.17, 15) is 9.59 Å². The molecule has 1 heterocycles. The van der Waals surface area contributed by atoms with E-state index in [0.717, 1.165) is 0 Å². The van der Waals surface area contributed by atoms with Gasteiger partial charge in [0.2, 0.25) is 0 Å². The van der Waals surface area contributed by atoms with Crippen molar-refractivity contribution < 1.29 is 23.6 Å². The minimum Gasteiger partial charge on any atom is -0.465 e. The van der Waals surface area contributed by atoms with Crippen LogP contribution in [0, 0.1) is 0 Å². The molecule has 102 valence electrons. The zero-order valence-electron chi connectivity index (χ0n) is 11.2. The van der Waals surface area contributed by atoms with Crippen LogP contribution >= 0.6 is 0 Å². The van der Waals surface area contributed by atoms with Crippen molar-refractivity contribution in [3.05, 3.63) is 59.8 Å². The van der Waals surface area contributed by atoms with Crippen LogP contribution in [-0.2, 0) is 11.8 Å². The molecule has 0 atom stereocenters. The van der Waals surface area contributed by atoms with Gasteiger partial charge in [-0.15, -0.1) is 0 Å². The van der Waals surface area contributed by atoms with E-state index >= 15 is 0 Å². The molecule has 0 saturated heterocycles. The van der Waals surface area contributed by atoms with E-state index in [4.69, 9.17) is 4.74 Å². The number of carbonyl (C=O) groups is 2. The van der Waals surface area contributed by atoms with Gasteiger partial charge in [-0.25, -0.2) is 9.59 Å². The highest BCUT2D eigenvalue weighted by atomic mass is 16.5. The predicted molar refractivity (Wildman–Crippen MR) is 70.4 cm³/mol. The number of pyridine rings is 1. The Morgan fingerprint density at radius 3 is 2.10 bits per heavy atom. The number of benzene rings is 1. The molecule has 0 spiro atoms. The van der Waals surface area contributed by atoms with E-state index in [1.165, 1.54) is 31.4 Å². The molecule has 0 aliphatic heterocycles. The van der Waals surface area contributed by atoms with E-state index in [0.29, 0.717) is 17.0 Å². The fourth-order valence-electron chi connectivity index (χ4n) is 1.63. The molecule has 5 heteroatoms. The molecule has 0 unspecified atom stereocenters. The van der Waals surface area contributed by atoms with Crippen LogP contribution in [-0.4, -0.2) is 19.0 Å². The lowest BCUT2D eigenvalue weighted by molar-refractivity contribution is -0.675. The second kappa shape index (κ2) is 5.97. The number of hydrogen-bond acceptors (Lipinski definition) is 4. The quantitative estimate of drug-likeness (QED) is 0.628. The monoisotopic (exact) mass is 272 g/mol. The Morgan fingerprint density at radius 1 is 0.950 bits per heavy atom. The molecular formula is C15H14NO4+. The summed E-state index contributed by atoms with van der Waals surface area (Å²) in [5.41, 5.74) is 0.746. The van der Waals surface area contributed by atoms with Gasteiger partial charge in [-0.2, -0.15) is 4.57 Å². The van der Waals surface area contributed by atoms with Gasteiger partial charge in [-0.3, -0.25) is 0 Å². The molecule has 1 aromatic heterocycles. The van der Waals surface area contributed by atoms with E-state index < -0.39 is 11.9 Å². The summed E-state index contributed by atoms with van der Waals surface area (Å²) in [7, 11) is 3.09. The van der Waals surface area contributed by atoms with Gasteiger partial charge in [-0.1, -0.05) is 0 Å². The van der Waals surface area contributed by atoms with Crippen LogP contribution < -0.4 is 9.30 Å². The number of aryl methyl sites for hydroxylation is 1. The maximum atomic E-state index is 12.0. The van der Waals surface area contributed by atoms with Crippen molar-refractivity contribution in [3.8, 4) is 5.88 Å². The number of rotatable bonds is 3. The third kappa shape index (κ3) is 3.00. The molecular weight excluding hydrogens is 258 g/mol. The molecule has 0 N–H and O–H groups in total. The maximum absolute atomic E-state index is 12.0. The van der Waals surface area contributed by atoms with Crippen molar-refractivity contribution in [1.29, 1.82) is 0 Å². The van der Waals surface area contributed by atoms with Crippen LogP contribution in [0.3, 0.4) is 0 Å². The Morgan fingerprint density at radius 2 is 1.55 bits per heavy atom. The molecule has 0 amide bonds. The average Bonchev–Trinajstić information content (AvgIpc) is 2.49. The van der Waals surface area contributed by atoms with Crippen molar-refractivity contribution in [2.24, 2.45) is 7.05 Å². The normalized spacial score (nSPS) is 9.90. The fraction of sp³-hybridized carbons (Fsp3) is 0.133. The van der Waals surface area contributed by atoms with Crippen LogP contribution in [0.1, 0.15) is 20.7 Å². The van der Waals surface area contributed by atoms with E-state index in [1.54, 1.807) is 29.9 Å². The van der Waals surface area contributed by atoms with Crippen molar-refractivity contribution in [3.63, 3.8) is 0 Å². The molecule has 0 aliphatic rings. The molecule has 0 radical (unpaired) electrons. The molecule has 2 aromatic rings. The van der Waals surface area contributed by atoms with Crippen LogP contribution in [0.5, 0.6) is 5.88 Å². The Hall–Kier alpha value is -2.69. The van der Waals surface area contributed by atoms with Gasteiger partial charge in [0.1, 0.15) is 7.05 Å². The highest BCUT2D eigenvalue weighted by molar-refractivity contribution is 5.93. The predicted octanol–water partition coefficient (Wildman–Crippen LogP) is 1.52. The van der Waals surface area contributed by atoms with Gasteiger partial charge >= 0.3 is 17.8 Å². The minimum atomic E-state index is -0.483. The Balaban J connectivity index is 2.14. The minimum absolute atomic E-state index is 0.363. The second-order valence-electron chi connectivity index (χ2n) is 4.11. The maximum Gasteiger partial charge on any atom is 0.375 e. The van der Waals surface area contributed by atoms with Gasteiger partial charge in [-0.05, 0) is 30.3 Å². The zero-order valence-corrected chi connectivity index (χ0v) is 11.2. The standard InChI is InChI=1S/C15H14NO4/c1-16-10-4-3-5-13(16)20-15(18)12-8-6-11(7-9-12)14(17)19-2/h3-10H,1-2H3/q+1. The molecule has 0 fully saturated rings. The zero-order chi connectivity index (χ0) is 14.5. The number of aromatic nitrogens is 1. The summed E-state index contributed by atoms with van der Waals surface area (Å²) in [4.78, 5) is 23.3. The SMILES string of the molecule is COC(=O)c1ccc(C(=O)Oc2cccc[n+]2C)cc1. The van der Waals surface area contributed by atoms with Crippen molar-refractivity contribution >= 4 is 11.9 Å². The number of methoxy groups -OCH3 is 1. The van der Waals surface area contributed by atoms with E-state index in [2.05, 4.69) is 4.74 Å². The molecule has 0 saturated carbocycles. The Kier molecular flexibility index (Phi) is 4.10. The van der Waals surface area contributed by atoms with Gasteiger partial charge < -0.3 is 9.47 Å².